The first-order chi connectivity index (χ1) is 6.44. The second kappa shape index (κ2) is 5.00. The van der Waals surface area contributed by atoms with Crippen LogP contribution in [-0.4, -0.2) is 5.33 Å². The van der Waals surface area contributed by atoms with E-state index < -0.39 is 0 Å². The molecule has 0 bridgehead atoms. The van der Waals surface area contributed by atoms with Crippen molar-refractivity contribution in [3.63, 3.8) is 0 Å². The molecule has 0 amide bonds. The topological polar surface area (TPSA) is 0 Å². The van der Waals surface area contributed by atoms with Gasteiger partial charge in [0.15, 0.2) is 0 Å². The van der Waals surface area contributed by atoms with Gasteiger partial charge in [0.2, 0.25) is 0 Å². The monoisotopic (exact) mass is 338 g/mol. The molecule has 0 fully saturated rings. The normalized spacial score (nSPS) is 11.8. The molecule has 0 atom stereocenters. The lowest BCUT2D eigenvalue weighted by atomic mass is 9.88. The summed E-state index contributed by atoms with van der Waals surface area (Å²) in [5, 5.41) is 1.82. The van der Waals surface area contributed by atoms with E-state index in [4.69, 9.17) is 11.6 Å². The van der Waals surface area contributed by atoms with Gasteiger partial charge in [0.05, 0.1) is 0 Å². The number of alkyl halides is 1. The van der Waals surface area contributed by atoms with Crippen LogP contribution >= 0.6 is 43.5 Å². The number of rotatable bonds is 3. The van der Waals surface area contributed by atoms with Crippen molar-refractivity contribution in [2.75, 3.05) is 5.33 Å². The van der Waals surface area contributed by atoms with Crippen molar-refractivity contribution < 1.29 is 0 Å². The van der Waals surface area contributed by atoms with Crippen molar-refractivity contribution in [2.45, 2.75) is 20.3 Å². The van der Waals surface area contributed by atoms with Crippen molar-refractivity contribution in [1.29, 1.82) is 0 Å². The van der Waals surface area contributed by atoms with Crippen LogP contribution in [0.2, 0.25) is 5.02 Å². The van der Waals surface area contributed by atoms with E-state index in [1.807, 2.05) is 12.1 Å². The van der Waals surface area contributed by atoms with Crippen LogP contribution in [0.4, 0.5) is 0 Å². The van der Waals surface area contributed by atoms with Gasteiger partial charge in [0.1, 0.15) is 0 Å². The highest BCUT2D eigenvalue weighted by atomic mass is 79.9. The molecule has 0 nitrogen and oxygen atoms in total. The lowest BCUT2D eigenvalue weighted by molar-refractivity contribution is 0.425. The number of benzene rings is 1. The molecule has 1 aromatic rings. The van der Waals surface area contributed by atoms with Crippen LogP contribution in [0.15, 0.2) is 22.7 Å². The first-order valence-corrected chi connectivity index (χ1v) is 6.74. The van der Waals surface area contributed by atoms with Gasteiger partial charge in [-0.05, 0) is 29.5 Å². The van der Waals surface area contributed by atoms with Crippen LogP contribution in [0.3, 0.4) is 0 Å². The number of hydrogen-bond acceptors (Lipinski definition) is 0. The van der Waals surface area contributed by atoms with Crippen LogP contribution in [0.25, 0.3) is 0 Å². The minimum absolute atomic E-state index is 0.247. The van der Waals surface area contributed by atoms with E-state index in [2.05, 4.69) is 51.8 Å². The second-order valence-corrected chi connectivity index (χ2v) is 6.09. The molecule has 1 rings (SSSR count). The zero-order chi connectivity index (χ0) is 10.8. The van der Waals surface area contributed by atoms with E-state index in [0.29, 0.717) is 0 Å². The van der Waals surface area contributed by atoms with E-state index in [-0.39, 0.29) is 5.41 Å². The summed E-state index contributed by atoms with van der Waals surface area (Å²) in [4.78, 5) is 0. The first-order valence-electron chi connectivity index (χ1n) is 4.44. The lowest BCUT2D eigenvalue weighted by Crippen LogP contribution is -2.16. The molecule has 0 N–H and O–H groups in total. The quantitative estimate of drug-likeness (QED) is 0.674. The van der Waals surface area contributed by atoms with Crippen molar-refractivity contribution in [1.82, 2.24) is 0 Å². The summed E-state index contributed by atoms with van der Waals surface area (Å²) < 4.78 is 1.03. The van der Waals surface area contributed by atoms with Gasteiger partial charge in [-0.15, -0.1) is 0 Å². The largest absolute Gasteiger partial charge is 0.0922 e. The van der Waals surface area contributed by atoms with E-state index in [1.54, 1.807) is 0 Å². The van der Waals surface area contributed by atoms with Gasteiger partial charge < -0.3 is 0 Å². The zero-order valence-corrected chi connectivity index (χ0v) is 12.2. The van der Waals surface area contributed by atoms with Crippen molar-refractivity contribution in [2.24, 2.45) is 5.41 Å². The number of halogens is 3. The smallest absolute Gasteiger partial charge is 0.0449 e. The van der Waals surface area contributed by atoms with Gasteiger partial charge >= 0.3 is 0 Å². The van der Waals surface area contributed by atoms with Crippen LogP contribution in [-0.2, 0) is 6.42 Å². The molecular formula is C11H13Br2Cl. The molecular weight excluding hydrogens is 327 g/mol. The Kier molecular flexibility index (Phi) is 4.48. The Morgan fingerprint density at radius 2 is 2.00 bits per heavy atom. The van der Waals surface area contributed by atoms with Crippen LogP contribution in [0.5, 0.6) is 0 Å². The fraction of sp³-hybridized carbons (Fsp3) is 0.455. The highest BCUT2D eigenvalue weighted by molar-refractivity contribution is 9.10. The molecule has 0 aromatic heterocycles. The van der Waals surface area contributed by atoms with Gasteiger partial charge in [-0.3, -0.25) is 0 Å². The molecule has 0 aliphatic rings. The highest BCUT2D eigenvalue weighted by Crippen LogP contribution is 2.29. The standard InChI is InChI=1S/C11H13Br2Cl/c1-11(2,7-12)6-8-3-4-9(13)5-10(8)14/h3-5H,6-7H2,1-2H3. The molecule has 3 heteroatoms. The summed E-state index contributed by atoms with van der Waals surface area (Å²) in [6, 6.07) is 6.06. The van der Waals surface area contributed by atoms with Crippen LogP contribution < -0.4 is 0 Å². The maximum absolute atomic E-state index is 6.15. The van der Waals surface area contributed by atoms with Crippen LogP contribution in [0.1, 0.15) is 19.4 Å². The first kappa shape index (κ1) is 12.5. The molecule has 0 heterocycles. The minimum atomic E-state index is 0.247. The third kappa shape index (κ3) is 3.56. The Morgan fingerprint density at radius 3 is 2.50 bits per heavy atom. The summed E-state index contributed by atoms with van der Waals surface area (Å²) in [6.45, 7) is 4.44. The van der Waals surface area contributed by atoms with E-state index in [9.17, 15) is 0 Å². The second-order valence-electron chi connectivity index (χ2n) is 4.21. The lowest BCUT2D eigenvalue weighted by Gasteiger charge is -2.22. The molecule has 0 radical (unpaired) electrons. The molecule has 78 valence electrons. The van der Waals surface area contributed by atoms with Crippen molar-refractivity contribution in [3.8, 4) is 0 Å². The van der Waals surface area contributed by atoms with Crippen molar-refractivity contribution in [3.05, 3.63) is 33.3 Å². The third-order valence-corrected chi connectivity index (χ3v) is 4.41. The molecule has 14 heavy (non-hydrogen) atoms. The molecule has 0 aliphatic heterocycles. The summed E-state index contributed by atoms with van der Waals surface area (Å²) in [5.74, 6) is 0. The molecule has 0 aliphatic carbocycles. The average molecular weight is 340 g/mol. The zero-order valence-electron chi connectivity index (χ0n) is 8.28. The van der Waals surface area contributed by atoms with Gasteiger partial charge in [-0.2, -0.15) is 0 Å². The molecule has 1 aromatic carbocycles. The Bertz CT molecular complexity index is 321. The predicted molar refractivity (Wildman–Crippen MR) is 70.4 cm³/mol. The molecule has 0 saturated heterocycles. The molecule has 0 unspecified atom stereocenters. The Labute approximate surface area is 107 Å². The van der Waals surface area contributed by atoms with Crippen molar-refractivity contribution >= 4 is 43.5 Å². The van der Waals surface area contributed by atoms with Gasteiger partial charge in [0, 0.05) is 14.8 Å². The fourth-order valence-corrected chi connectivity index (χ4v) is 2.17. The Balaban J connectivity index is 2.87. The third-order valence-electron chi connectivity index (χ3n) is 2.05. The summed E-state index contributed by atoms with van der Waals surface area (Å²) in [6.07, 6.45) is 0.990. The Hall–Kier alpha value is 0.470. The highest BCUT2D eigenvalue weighted by Gasteiger charge is 2.18. The SMILES string of the molecule is CC(C)(CBr)Cc1ccc(Br)cc1Cl. The average Bonchev–Trinajstić information content (AvgIpc) is 2.10. The Morgan fingerprint density at radius 1 is 1.36 bits per heavy atom. The van der Waals surface area contributed by atoms with E-state index in [1.165, 1.54) is 5.56 Å². The maximum atomic E-state index is 6.15. The fourth-order valence-electron chi connectivity index (χ4n) is 1.23. The summed E-state index contributed by atoms with van der Waals surface area (Å²) in [7, 11) is 0. The molecule has 0 saturated carbocycles. The van der Waals surface area contributed by atoms with Gasteiger partial charge in [0.25, 0.3) is 0 Å². The molecule has 0 spiro atoms. The number of hydrogen-bond donors (Lipinski definition) is 0. The van der Waals surface area contributed by atoms with E-state index >= 15 is 0 Å². The van der Waals surface area contributed by atoms with Crippen LogP contribution in [0, 0.1) is 5.41 Å². The predicted octanol–water partition coefficient (Wildman–Crippen LogP) is 5.07. The summed E-state index contributed by atoms with van der Waals surface area (Å²) in [5.41, 5.74) is 1.46. The maximum Gasteiger partial charge on any atom is 0.0449 e. The van der Waals surface area contributed by atoms with Gasteiger partial charge in [-0.1, -0.05) is 63.4 Å². The van der Waals surface area contributed by atoms with E-state index in [0.717, 1.165) is 21.2 Å². The van der Waals surface area contributed by atoms with Gasteiger partial charge in [-0.25, -0.2) is 0 Å². The summed E-state index contributed by atoms with van der Waals surface area (Å²) >= 11 is 13.1. The minimum Gasteiger partial charge on any atom is -0.0922 e.